The predicted molar refractivity (Wildman–Crippen MR) is 99.0 cm³/mol. The summed E-state index contributed by atoms with van der Waals surface area (Å²) in [6.07, 6.45) is 0. The van der Waals surface area contributed by atoms with Gasteiger partial charge in [-0.1, -0.05) is 30.3 Å². The van der Waals surface area contributed by atoms with Crippen molar-refractivity contribution in [1.82, 2.24) is 4.90 Å². The molecule has 0 unspecified atom stereocenters. The Labute approximate surface area is 147 Å². The Morgan fingerprint density at radius 1 is 1.08 bits per heavy atom. The predicted octanol–water partition coefficient (Wildman–Crippen LogP) is 3.78. The van der Waals surface area contributed by atoms with Crippen LogP contribution in [-0.2, 0) is 16.1 Å². The van der Waals surface area contributed by atoms with Gasteiger partial charge in [0, 0.05) is 31.1 Å². The van der Waals surface area contributed by atoms with Crippen molar-refractivity contribution in [3.63, 3.8) is 0 Å². The first kappa shape index (κ1) is 18.1. The molecule has 0 aliphatic carbocycles. The number of hydrogen-bond acceptors (Lipinski definition) is 3. The molecule has 0 aliphatic rings. The molecule has 4 nitrogen and oxygen atoms in total. The van der Waals surface area contributed by atoms with E-state index in [9.17, 15) is 9.59 Å². The van der Waals surface area contributed by atoms with Crippen molar-refractivity contribution in [1.29, 1.82) is 0 Å². The molecular weight excluding hydrogens is 320 g/mol. The van der Waals surface area contributed by atoms with Gasteiger partial charge in [-0.2, -0.15) is 0 Å². The van der Waals surface area contributed by atoms with Crippen molar-refractivity contribution in [3.05, 3.63) is 60.2 Å². The van der Waals surface area contributed by atoms with Crippen molar-refractivity contribution in [2.75, 3.05) is 12.4 Å². The van der Waals surface area contributed by atoms with Crippen LogP contribution in [0, 0.1) is 0 Å². The summed E-state index contributed by atoms with van der Waals surface area (Å²) >= 11 is 1.51. The summed E-state index contributed by atoms with van der Waals surface area (Å²) in [6.45, 7) is 3.99. The Hall–Kier alpha value is -2.27. The molecular formula is C19H22N2O2S. The second kappa shape index (κ2) is 8.55. The highest BCUT2D eigenvalue weighted by Gasteiger charge is 2.18. The van der Waals surface area contributed by atoms with Crippen LogP contribution in [0.2, 0.25) is 0 Å². The van der Waals surface area contributed by atoms with E-state index in [4.69, 9.17) is 0 Å². The smallest absolute Gasteiger partial charge is 0.235 e. The van der Waals surface area contributed by atoms with Crippen LogP contribution in [-0.4, -0.2) is 29.0 Å². The van der Waals surface area contributed by atoms with Gasteiger partial charge in [0.15, 0.2) is 0 Å². The van der Waals surface area contributed by atoms with Crippen LogP contribution in [0.25, 0.3) is 0 Å². The summed E-state index contributed by atoms with van der Waals surface area (Å²) in [6, 6.07) is 17.5. The van der Waals surface area contributed by atoms with E-state index in [0.29, 0.717) is 6.54 Å². The Morgan fingerprint density at radius 3 is 2.29 bits per heavy atom. The zero-order chi connectivity index (χ0) is 17.5. The van der Waals surface area contributed by atoms with Gasteiger partial charge in [-0.05, 0) is 36.8 Å². The average Bonchev–Trinajstić information content (AvgIpc) is 2.56. The van der Waals surface area contributed by atoms with Gasteiger partial charge in [-0.3, -0.25) is 9.59 Å². The average molecular weight is 342 g/mol. The normalized spacial score (nSPS) is 11.6. The Balaban J connectivity index is 1.92. The summed E-state index contributed by atoms with van der Waals surface area (Å²) in [5, 5.41) is 2.55. The van der Waals surface area contributed by atoms with E-state index in [2.05, 4.69) is 5.32 Å². The van der Waals surface area contributed by atoms with Gasteiger partial charge in [-0.15, -0.1) is 11.8 Å². The lowest BCUT2D eigenvalue weighted by molar-refractivity contribution is -0.129. The van der Waals surface area contributed by atoms with E-state index < -0.39 is 0 Å². The summed E-state index contributed by atoms with van der Waals surface area (Å²) in [7, 11) is 1.83. The molecule has 5 heteroatoms. The monoisotopic (exact) mass is 342 g/mol. The molecule has 0 radical (unpaired) electrons. The molecule has 0 saturated heterocycles. The highest BCUT2D eigenvalue weighted by Crippen LogP contribution is 2.26. The Bertz CT molecular complexity index is 686. The molecule has 0 aliphatic heterocycles. The van der Waals surface area contributed by atoms with Crippen LogP contribution in [0.1, 0.15) is 19.4 Å². The maximum atomic E-state index is 12.5. The highest BCUT2D eigenvalue weighted by atomic mass is 32.2. The van der Waals surface area contributed by atoms with Crippen molar-refractivity contribution in [2.45, 2.75) is 30.5 Å². The lowest BCUT2D eigenvalue weighted by atomic mass is 10.2. The fourth-order valence-electron chi connectivity index (χ4n) is 2.32. The molecule has 0 saturated carbocycles. The van der Waals surface area contributed by atoms with E-state index in [-0.39, 0.29) is 17.1 Å². The lowest BCUT2D eigenvalue weighted by Gasteiger charge is -2.21. The molecule has 126 valence electrons. The van der Waals surface area contributed by atoms with E-state index in [0.717, 1.165) is 16.1 Å². The van der Waals surface area contributed by atoms with E-state index in [1.54, 1.807) is 4.90 Å². The van der Waals surface area contributed by atoms with Crippen LogP contribution in [0.3, 0.4) is 0 Å². The molecule has 0 spiro atoms. The van der Waals surface area contributed by atoms with Gasteiger partial charge in [0.05, 0.1) is 5.25 Å². The molecule has 2 amide bonds. The Kier molecular flexibility index (Phi) is 6.44. The van der Waals surface area contributed by atoms with Crippen LogP contribution >= 0.6 is 11.8 Å². The van der Waals surface area contributed by atoms with Gasteiger partial charge in [0.2, 0.25) is 11.8 Å². The number of nitrogens with one attached hydrogen (secondary N) is 1. The minimum Gasteiger partial charge on any atom is -0.340 e. The van der Waals surface area contributed by atoms with Gasteiger partial charge in [0.25, 0.3) is 0 Å². The molecule has 2 aromatic carbocycles. The van der Waals surface area contributed by atoms with Crippen molar-refractivity contribution < 1.29 is 9.59 Å². The molecule has 0 aromatic heterocycles. The standard InChI is InChI=1S/C19H22N2O2S/c1-14(19(23)21(3)13-16-7-5-4-6-8-16)24-18-11-9-17(10-12-18)20-15(2)22/h4-12,14H,13H2,1-3H3,(H,20,22)/t14-/m0/s1. The fourth-order valence-corrected chi connectivity index (χ4v) is 3.30. The number of nitrogens with zero attached hydrogens (tertiary/aromatic N) is 1. The minimum atomic E-state index is -0.176. The third-order valence-electron chi connectivity index (χ3n) is 3.47. The summed E-state index contributed by atoms with van der Waals surface area (Å²) < 4.78 is 0. The van der Waals surface area contributed by atoms with Gasteiger partial charge in [-0.25, -0.2) is 0 Å². The van der Waals surface area contributed by atoms with Crippen LogP contribution in [0.5, 0.6) is 0 Å². The number of thioether (sulfide) groups is 1. The van der Waals surface area contributed by atoms with Crippen LogP contribution in [0.4, 0.5) is 5.69 Å². The molecule has 0 bridgehead atoms. The molecule has 2 rings (SSSR count). The number of amides is 2. The summed E-state index contributed by atoms with van der Waals surface area (Å²) in [5.74, 6) is -0.00345. The zero-order valence-corrected chi connectivity index (χ0v) is 15.0. The van der Waals surface area contributed by atoms with E-state index in [1.807, 2.05) is 68.6 Å². The molecule has 24 heavy (non-hydrogen) atoms. The number of hydrogen-bond donors (Lipinski definition) is 1. The van der Waals surface area contributed by atoms with Gasteiger partial charge < -0.3 is 10.2 Å². The molecule has 2 aromatic rings. The van der Waals surface area contributed by atoms with Crippen molar-refractivity contribution in [3.8, 4) is 0 Å². The quantitative estimate of drug-likeness (QED) is 0.813. The zero-order valence-electron chi connectivity index (χ0n) is 14.2. The van der Waals surface area contributed by atoms with Gasteiger partial charge in [0.1, 0.15) is 0 Å². The Morgan fingerprint density at radius 2 is 1.71 bits per heavy atom. The summed E-state index contributed by atoms with van der Waals surface area (Å²) in [5.41, 5.74) is 1.87. The summed E-state index contributed by atoms with van der Waals surface area (Å²) in [4.78, 5) is 26.3. The topological polar surface area (TPSA) is 49.4 Å². The first-order chi connectivity index (χ1) is 11.5. The molecule has 1 atom stereocenters. The molecule has 0 fully saturated rings. The number of benzene rings is 2. The first-order valence-electron chi connectivity index (χ1n) is 7.79. The third-order valence-corrected chi connectivity index (χ3v) is 4.57. The van der Waals surface area contributed by atoms with Crippen LogP contribution in [0.15, 0.2) is 59.5 Å². The van der Waals surface area contributed by atoms with E-state index >= 15 is 0 Å². The van der Waals surface area contributed by atoms with Crippen LogP contribution < -0.4 is 5.32 Å². The fraction of sp³-hybridized carbons (Fsp3) is 0.263. The number of anilines is 1. The maximum absolute atomic E-state index is 12.5. The number of rotatable bonds is 6. The minimum absolute atomic E-state index is 0.0924. The molecule has 1 N–H and O–H groups in total. The second-order valence-corrected chi connectivity index (χ2v) is 7.06. The number of carbonyl (C=O) groups excluding carboxylic acids is 2. The SMILES string of the molecule is CC(=O)Nc1ccc(S[C@@H](C)C(=O)N(C)Cc2ccccc2)cc1. The number of carbonyl (C=O) groups is 2. The van der Waals surface area contributed by atoms with Crippen molar-refractivity contribution >= 4 is 29.3 Å². The van der Waals surface area contributed by atoms with E-state index in [1.165, 1.54) is 18.7 Å². The lowest BCUT2D eigenvalue weighted by Crippen LogP contribution is -2.32. The second-order valence-electron chi connectivity index (χ2n) is 5.65. The van der Waals surface area contributed by atoms with Gasteiger partial charge >= 0.3 is 0 Å². The maximum Gasteiger partial charge on any atom is 0.235 e. The third kappa shape index (κ3) is 5.42. The highest BCUT2D eigenvalue weighted by molar-refractivity contribution is 8.00. The first-order valence-corrected chi connectivity index (χ1v) is 8.67. The largest absolute Gasteiger partial charge is 0.340 e. The van der Waals surface area contributed by atoms with Crippen molar-refractivity contribution in [2.24, 2.45) is 0 Å². The molecule has 0 heterocycles.